The minimum atomic E-state index is -5.03. The van der Waals surface area contributed by atoms with Crippen LogP contribution in [0.3, 0.4) is 0 Å². The summed E-state index contributed by atoms with van der Waals surface area (Å²) in [5.74, 6) is -0.687. The summed E-state index contributed by atoms with van der Waals surface area (Å²) < 4.78 is 127. The largest absolute Gasteiger partial charge is 0.416 e. The number of hydrogen-bond donors (Lipinski definition) is 2. The number of hydrogen-bond acceptors (Lipinski definition) is 6. The molecule has 0 bridgehead atoms. The van der Waals surface area contributed by atoms with Crippen LogP contribution in [0, 0.1) is 0 Å². The first-order valence-electron chi connectivity index (χ1n) is 13.7. The number of morpholine rings is 1. The van der Waals surface area contributed by atoms with E-state index in [0.717, 1.165) is 12.1 Å². The molecule has 238 valence electrons. The van der Waals surface area contributed by atoms with Crippen LogP contribution in [0.4, 0.5) is 50.9 Å². The van der Waals surface area contributed by atoms with Crippen molar-refractivity contribution in [2.24, 2.45) is 5.73 Å². The van der Waals surface area contributed by atoms with Crippen LogP contribution in [0.1, 0.15) is 58.6 Å². The Balaban J connectivity index is 1.60. The predicted octanol–water partition coefficient (Wildman–Crippen LogP) is 6.78. The van der Waals surface area contributed by atoms with E-state index in [9.17, 15) is 39.5 Å². The van der Waals surface area contributed by atoms with E-state index in [-0.39, 0.29) is 29.6 Å². The summed E-state index contributed by atoms with van der Waals surface area (Å²) in [6.45, 7) is 3.17. The Labute approximate surface area is 246 Å². The maximum Gasteiger partial charge on any atom is 0.416 e. The lowest BCUT2D eigenvalue weighted by Crippen LogP contribution is -2.55. The third-order valence-corrected chi connectivity index (χ3v) is 7.98. The van der Waals surface area contributed by atoms with Gasteiger partial charge in [-0.25, -0.2) is 9.97 Å². The maximum absolute atomic E-state index is 13.6. The first-order chi connectivity index (χ1) is 20.5. The van der Waals surface area contributed by atoms with E-state index in [1.165, 1.54) is 12.3 Å². The van der Waals surface area contributed by atoms with E-state index in [4.69, 9.17) is 10.5 Å². The second-order valence-corrected chi connectivity index (χ2v) is 10.9. The fourth-order valence-electron chi connectivity index (χ4n) is 5.56. The highest BCUT2D eigenvalue weighted by Crippen LogP contribution is 2.42. The van der Waals surface area contributed by atoms with Crippen LogP contribution in [0.5, 0.6) is 0 Å². The zero-order chi connectivity index (χ0) is 32.1. The smallest absolute Gasteiger partial charge is 0.378 e. The highest BCUT2D eigenvalue weighted by atomic mass is 19.4. The van der Waals surface area contributed by atoms with Gasteiger partial charge in [-0.05, 0) is 60.4 Å². The lowest BCUT2D eigenvalue weighted by molar-refractivity contribution is -0.143. The minimum Gasteiger partial charge on any atom is -0.378 e. The summed E-state index contributed by atoms with van der Waals surface area (Å²) in [6.07, 6.45) is -13.3. The van der Waals surface area contributed by atoms with Crippen molar-refractivity contribution in [3.8, 4) is 0 Å². The summed E-state index contributed by atoms with van der Waals surface area (Å²) >= 11 is 0. The molecule has 1 fully saturated rings. The number of rotatable bonds is 5. The lowest BCUT2D eigenvalue weighted by atomic mass is 9.80. The highest BCUT2D eigenvalue weighted by molar-refractivity contribution is 5.59. The molecular weight excluding hydrogens is 605 g/mol. The van der Waals surface area contributed by atoms with E-state index in [2.05, 4.69) is 15.3 Å². The number of nitrogens with two attached hydrogens (primary N) is 1. The van der Waals surface area contributed by atoms with Crippen LogP contribution in [-0.4, -0.2) is 41.9 Å². The molecule has 2 aromatic carbocycles. The molecule has 0 amide bonds. The van der Waals surface area contributed by atoms with Gasteiger partial charge in [0.1, 0.15) is 5.82 Å². The van der Waals surface area contributed by atoms with Gasteiger partial charge in [-0.1, -0.05) is 6.92 Å². The Bertz CT molecular complexity index is 1480. The van der Waals surface area contributed by atoms with Crippen LogP contribution in [0.2, 0.25) is 0 Å². The van der Waals surface area contributed by atoms with Crippen molar-refractivity contribution in [1.29, 1.82) is 0 Å². The number of ether oxygens (including phenoxy) is 1. The van der Waals surface area contributed by atoms with Crippen molar-refractivity contribution in [3.63, 3.8) is 0 Å². The van der Waals surface area contributed by atoms with Gasteiger partial charge in [-0.3, -0.25) is 0 Å². The van der Waals surface area contributed by atoms with Gasteiger partial charge in [0, 0.05) is 25.2 Å². The van der Waals surface area contributed by atoms with Crippen LogP contribution < -0.4 is 16.0 Å². The van der Waals surface area contributed by atoms with E-state index in [1.54, 1.807) is 6.92 Å². The van der Waals surface area contributed by atoms with Crippen LogP contribution in [0.25, 0.3) is 0 Å². The molecule has 1 saturated heterocycles. The Morgan fingerprint density at radius 2 is 1.52 bits per heavy atom. The molecule has 0 radical (unpaired) electrons. The van der Waals surface area contributed by atoms with Gasteiger partial charge in [0.25, 0.3) is 0 Å². The summed E-state index contributed by atoms with van der Waals surface area (Å²) in [5.41, 5.74) is 2.72. The maximum atomic E-state index is 13.6. The average molecular weight is 634 g/mol. The molecule has 5 rings (SSSR count). The van der Waals surface area contributed by atoms with Gasteiger partial charge >= 0.3 is 18.5 Å². The normalized spacial score (nSPS) is 21.2. The van der Waals surface area contributed by atoms with Crippen molar-refractivity contribution >= 4 is 11.4 Å². The van der Waals surface area contributed by atoms with Gasteiger partial charge < -0.3 is 20.7 Å². The molecule has 0 spiro atoms. The Kier molecular flexibility index (Phi) is 8.25. The van der Waals surface area contributed by atoms with Gasteiger partial charge in [0.15, 0.2) is 0 Å². The van der Waals surface area contributed by atoms with E-state index >= 15 is 0 Å². The SMILES string of the molecule is CCC1(N)Nc2ccc(C(F)(F)F)cc2CC1c1ncc(N2CCOCC2)c(Cc2cc(C(F)(F)F)cc(C(F)(F)F)c2)n1. The second kappa shape index (κ2) is 11.4. The van der Waals surface area contributed by atoms with Crippen molar-refractivity contribution in [1.82, 2.24) is 9.97 Å². The van der Waals surface area contributed by atoms with Crippen LogP contribution in [0.15, 0.2) is 42.6 Å². The van der Waals surface area contributed by atoms with Crippen molar-refractivity contribution in [2.75, 3.05) is 36.5 Å². The van der Waals surface area contributed by atoms with E-state index < -0.39 is 53.2 Å². The molecule has 0 saturated carbocycles. The molecule has 44 heavy (non-hydrogen) atoms. The quantitative estimate of drug-likeness (QED) is 0.302. The number of nitrogens with zero attached hydrogens (tertiary/aromatic N) is 3. The van der Waals surface area contributed by atoms with Crippen molar-refractivity contribution < 1.29 is 44.3 Å². The third-order valence-electron chi connectivity index (χ3n) is 7.98. The number of halogens is 9. The molecule has 3 heterocycles. The molecule has 0 aliphatic carbocycles. The minimum absolute atomic E-state index is 0.00865. The van der Waals surface area contributed by atoms with Crippen molar-refractivity contribution in [3.05, 3.63) is 81.9 Å². The fourth-order valence-corrected chi connectivity index (χ4v) is 5.56. The van der Waals surface area contributed by atoms with Crippen LogP contribution >= 0.6 is 0 Å². The molecule has 6 nitrogen and oxygen atoms in total. The lowest BCUT2D eigenvalue weighted by Gasteiger charge is -2.42. The average Bonchev–Trinajstić information content (AvgIpc) is 2.95. The van der Waals surface area contributed by atoms with Gasteiger partial charge in [0.05, 0.1) is 59.1 Å². The number of fused-ring (bicyclic) bond motifs is 1. The Morgan fingerprint density at radius 1 is 0.909 bits per heavy atom. The number of aromatic nitrogens is 2. The van der Waals surface area contributed by atoms with Gasteiger partial charge in [0.2, 0.25) is 0 Å². The third kappa shape index (κ3) is 6.58. The van der Waals surface area contributed by atoms with E-state index in [1.807, 2.05) is 4.90 Å². The first-order valence-corrected chi connectivity index (χ1v) is 13.7. The molecule has 3 N–H and O–H groups in total. The molecule has 2 aliphatic heterocycles. The molecular formula is C29H28F9N5O. The molecule has 1 aromatic heterocycles. The predicted molar refractivity (Wildman–Crippen MR) is 143 cm³/mol. The second-order valence-electron chi connectivity index (χ2n) is 10.9. The first kappa shape index (κ1) is 31.8. The van der Waals surface area contributed by atoms with Crippen LogP contribution in [-0.2, 0) is 36.1 Å². The number of nitrogens with one attached hydrogen (secondary N) is 1. The highest BCUT2D eigenvalue weighted by Gasteiger charge is 2.42. The molecule has 15 heteroatoms. The summed E-state index contributed by atoms with van der Waals surface area (Å²) in [5, 5.41) is 3.10. The Morgan fingerprint density at radius 3 is 2.09 bits per heavy atom. The molecule has 3 aromatic rings. The molecule has 2 atom stereocenters. The zero-order valence-electron chi connectivity index (χ0n) is 23.3. The standard InChI is InChI=1S/C29H28F9N5O/c1-2-26(39)21(13-17-12-18(27(30,31)32)3-4-22(17)42-26)25-40-15-24(43-5-7-44-8-6-43)23(41-25)11-16-9-19(28(33,34)35)14-20(10-16)29(36,37)38/h3-4,9-10,12,14-15,21,42H,2,5-8,11,13,39H2,1H3. The van der Waals surface area contributed by atoms with Crippen molar-refractivity contribution in [2.45, 2.75) is 56.3 Å². The number of alkyl halides is 9. The summed E-state index contributed by atoms with van der Waals surface area (Å²) in [6, 6.07) is 4.60. The van der Waals surface area contributed by atoms with Gasteiger partial charge in [-0.2, -0.15) is 39.5 Å². The summed E-state index contributed by atoms with van der Waals surface area (Å²) in [7, 11) is 0. The fraction of sp³-hybridized carbons (Fsp3) is 0.448. The summed E-state index contributed by atoms with van der Waals surface area (Å²) in [4.78, 5) is 10.9. The topological polar surface area (TPSA) is 76.3 Å². The van der Waals surface area contributed by atoms with E-state index in [0.29, 0.717) is 61.8 Å². The molecule has 2 aliphatic rings. The van der Waals surface area contributed by atoms with Gasteiger partial charge in [-0.15, -0.1) is 0 Å². The zero-order valence-corrected chi connectivity index (χ0v) is 23.3. The molecule has 2 unspecified atom stereocenters. The monoisotopic (exact) mass is 633 g/mol. The number of benzene rings is 2. The number of anilines is 2. The Hall–Kier alpha value is -3.59.